The van der Waals surface area contributed by atoms with E-state index >= 15 is 0 Å². The van der Waals surface area contributed by atoms with Crippen LogP contribution in [0.4, 0.5) is 5.69 Å². The van der Waals surface area contributed by atoms with Crippen LogP contribution in [0.25, 0.3) is 0 Å². The molecule has 0 aliphatic heterocycles. The van der Waals surface area contributed by atoms with Crippen molar-refractivity contribution in [1.82, 2.24) is 15.2 Å². The second-order valence-electron chi connectivity index (χ2n) is 7.31. The molecular formula is C23H25N5O5. The third-order valence-electron chi connectivity index (χ3n) is 4.99. The number of nitro groups is 1. The van der Waals surface area contributed by atoms with E-state index in [1.807, 2.05) is 36.4 Å². The zero-order chi connectivity index (χ0) is 24.0. The Morgan fingerprint density at radius 2 is 1.91 bits per heavy atom. The number of aromatic nitrogens is 2. The van der Waals surface area contributed by atoms with E-state index in [2.05, 4.69) is 15.6 Å². The maximum Gasteiger partial charge on any atom is 0.312 e. The number of hydrazone groups is 1. The van der Waals surface area contributed by atoms with Crippen molar-refractivity contribution in [3.05, 3.63) is 81.2 Å². The number of carbonyl (C=O) groups is 1. The molecule has 3 rings (SSSR count). The number of rotatable bonds is 9. The maximum absolute atomic E-state index is 12.3. The van der Waals surface area contributed by atoms with Crippen LogP contribution < -0.4 is 14.9 Å². The fourth-order valence-corrected chi connectivity index (χ4v) is 3.23. The van der Waals surface area contributed by atoms with Gasteiger partial charge in [0.15, 0.2) is 11.5 Å². The molecule has 1 heterocycles. The minimum absolute atomic E-state index is 0.0934. The van der Waals surface area contributed by atoms with Gasteiger partial charge in [-0.3, -0.25) is 19.6 Å². The SMILES string of the molecule is COc1cc(/C(C)=N/NC(=O)Cn2nc(C)c([N+](=O)[O-])c2C)ccc1OCc1ccccc1. The molecule has 0 aliphatic rings. The average molecular weight is 451 g/mol. The first-order valence-corrected chi connectivity index (χ1v) is 10.2. The van der Waals surface area contributed by atoms with E-state index in [0.29, 0.717) is 29.5 Å². The summed E-state index contributed by atoms with van der Waals surface area (Å²) in [6, 6.07) is 15.2. The van der Waals surface area contributed by atoms with E-state index in [1.54, 1.807) is 33.1 Å². The zero-order valence-corrected chi connectivity index (χ0v) is 18.9. The van der Waals surface area contributed by atoms with Crippen LogP contribution in [0.3, 0.4) is 0 Å². The summed E-state index contributed by atoms with van der Waals surface area (Å²) in [5.41, 5.74) is 5.26. The Morgan fingerprint density at radius 1 is 1.18 bits per heavy atom. The lowest BCUT2D eigenvalue weighted by molar-refractivity contribution is -0.386. The molecule has 10 nitrogen and oxygen atoms in total. The third kappa shape index (κ3) is 5.73. The molecule has 2 aromatic carbocycles. The van der Waals surface area contributed by atoms with Crippen LogP contribution in [0.1, 0.15) is 29.4 Å². The van der Waals surface area contributed by atoms with E-state index < -0.39 is 10.8 Å². The molecule has 1 aromatic heterocycles. The van der Waals surface area contributed by atoms with Crippen molar-refractivity contribution in [3.8, 4) is 11.5 Å². The highest BCUT2D eigenvalue weighted by molar-refractivity contribution is 5.99. The third-order valence-corrected chi connectivity index (χ3v) is 4.99. The monoisotopic (exact) mass is 451 g/mol. The zero-order valence-electron chi connectivity index (χ0n) is 18.9. The fourth-order valence-electron chi connectivity index (χ4n) is 3.23. The molecule has 10 heteroatoms. The minimum Gasteiger partial charge on any atom is -0.493 e. The number of amides is 1. The van der Waals surface area contributed by atoms with E-state index in [0.717, 1.165) is 11.1 Å². The van der Waals surface area contributed by atoms with Crippen LogP contribution in [0.15, 0.2) is 53.6 Å². The molecule has 0 saturated heterocycles. The number of nitrogens with zero attached hydrogens (tertiary/aromatic N) is 4. The molecule has 1 N–H and O–H groups in total. The van der Waals surface area contributed by atoms with Gasteiger partial charge >= 0.3 is 5.69 Å². The molecule has 0 saturated carbocycles. The Morgan fingerprint density at radius 3 is 2.55 bits per heavy atom. The lowest BCUT2D eigenvalue weighted by Crippen LogP contribution is -2.25. The standard InChI is InChI=1S/C23H25N5O5/c1-15(24-25-22(29)13-27-17(3)23(28(30)31)16(2)26-27)19-10-11-20(21(12-19)32-4)33-14-18-8-6-5-7-9-18/h5-12H,13-14H2,1-4H3,(H,25,29)/b24-15+. The van der Waals surface area contributed by atoms with Crippen LogP contribution in [0.5, 0.6) is 11.5 Å². The molecule has 0 aliphatic carbocycles. The number of methoxy groups -OCH3 is 1. The second kappa shape index (κ2) is 10.4. The van der Waals surface area contributed by atoms with Gasteiger partial charge in [-0.1, -0.05) is 30.3 Å². The number of ether oxygens (including phenoxy) is 2. The van der Waals surface area contributed by atoms with E-state index in [9.17, 15) is 14.9 Å². The highest BCUT2D eigenvalue weighted by Crippen LogP contribution is 2.29. The van der Waals surface area contributed by atoms with Crippen LogP contribution in [0, 0.1) is 24.0 Å². The Bertz CT molecular complexity index is 1190. The molecular weight excluding hydrogens is 426 g/mol. The maximum atomic E-state index is 12.3. The number of benzene rings is 2. The average Bonchev–Trinajstić information content (AvgIpc) is 3.09. The van der Waals surface area contributed by atoms with Gasteiger partial charge in [0, 0.05) is 5.56 Å². The van der Waals surface area contributed by atoms with Gasteiger partial charge in [0.1, 0.15) is 24.5 Å². The molecule has 33 heavy (non-hydrogen) atoms. The van der Waals surface area contributed by atoms with Crippen molar-refractivity contribution in [2.24, 2.45) is 5.10 Å². The van der Waals surface area contributed by atoms with Gasteiger partial charge < -0.3 is 9.47 Å². The number of aryl methyl sites for hydroxylation is 1. The van der Waals surface area contributed by atoms with Gasteiger partial charge in [0.2, 0.25) is 0 Å². The first kappa shape index (κ1) is 23.5. The first-order chi connectivity index (χ1) is 15.8. The molecule has 3 aromatic rings. The molecule has 1 amide bonds. The number of hydrogen-bond donors (Lipinski definition) is 1. The fraction of sp³-hybridized carbons (Fsp3) is 0.261. The minimum atomic E-state index is -0.505. The van der Waals surface area contributed by atoms with Crippen molar-refractivity contribution < 1.29 is 19.2 Å². The molecule has 172 valence electrons. The van der Waals surface area contributed by atoms with Gasteiger partial charge in [-0.25, -0.2) is 5.43 Å². The predicted molar refractivity (Wildman–Crippen MR) is 122 cm³/mol. The van der Waals surface area contributed by atoms with Crippen molar-refractivity contribution in [2.45, 2.75) is 33.9 Å². The summed E-state index contributed by atoms with van der Waals surface area (Å²) in [5.74, 6) is 0.678. The largest absolute Gasteiger partial charge is 0.493 e. The van der Waals surface area contributed by atoms with Crippen molar-refractivity contribution in [1.29, 1.82) is 0 Å². The van der Waals surface area contributed by atoms with E-state index in [1.165, 1.54) is 11.6 Å². The topological polar surface area (TPSA) is 121 Å². The summed E-state index contributed by atoms with van der Waals surface area (Å²) in [6.07, 6.45) is 0. The van der Waals surface area contributed by atoms with Crippen LogP contribution >= 0.6 is 0 Å². The van der Waals surface area contributed by atoms with E-state index in [-0.39, 0.29) is 17.9 Å². The van der Waals surface area contributed by atoms with Gasteiger partial charge in [0.05, 0.1) is 17.7 Å². The summed E-state index contributed by atoms with van der Waals surface area (Å²) in [4.78, 5) is 22.9. The van der Waals surface area contributed by atoms with Gasteiger partial charge in [-0.05, 0) is 44.5 Å². The van der Waals surface area contributed by atoms with Gasteiger partial charge in [0.25, 0.3) is 5.91 Å². The van der Waals surface area contributed by atoms with Crippen molar-refractivity contribution >= 4 is 17.3 Å². The Hall–Kier alpha value is -4.21. The molecule has 0 bridgehead atoms. The van der Waals surface area contributed by atoms with Gasteiger partial charge in [-0.2, -0.15) is 10.2 Å². The van der Waals surface area contributed by atoms with Crippen molar-refractivity contribution in [3.63, 3.8) is 0 Å². The molecule has 0 unspecified atom stereocenters. The summed E-state index contributed by atoms with van der Waals surface area (Å²) in [7, 11) is 1.55. The molecule has 0 atom stereocenters. The molecule has 0 fully saturated rings. The normalized spacial score (nSPS) is 11.2. The predicted octanol–water partition coefficient (Wildman–Crippen LogP) is 3.54. The highest BCUT2D eigenvalue weighted by atomic mass is 16.6. The van der Waals surface area contributed by atoms with Crippen LogP contribution in [-0.2, 0) is 17.9 Å². The number of hydrogen-bond acceptors (Lipinski definition) is 7. The molecule has 0 spiro atoms. The Balaban J connectivity index is 1.65. The summed E-state index contributed by atoms with van der Waals surface area (Å²) >= 11 is 0. The Kier molecular flexibility index (Phi) is 7.39. The lowest BCUT2D eigenvalue weighted by atomic mass is 10.1. The first-order valence-electron chi connectivity index (χ1n) is 10.2. The summed E-state index contributed by atoms with van der Waals surface area (Å²) in [5, 5.41) is 19.3. The molecule has 0 radical (unpaired) electrons. The summed E-state index contributed by atoms with van der Waals surface area (Å²) < 4.78 is 12.6. The second-order valence-corrected chi connectivity index (χ2v) is 7.31. The quantitative estimate of drug-likeness (QED) is 0.302. The highest BCUT2D eigenvalue weighted by Gasteiger charge is 2.22. The number of nitrogens with one attached hydrogen (secondary N) is 1. The summed E-state index contributed by atoms with van der Waals surface area (Å²) in [6.45, 7) is 5.04. The van der Waals surface area contributed by atoms with Crippen molar-refractivity contribution in [2.75, 3.05) is 7.11 Å². The number of carbonyl (C=O) groups excluding carboxylic acids is 1. The van der Waals surface area contributed by atoms with Gasteiger partial charge in [-0.15, -0.1) is 0 Å². The lowest BCUT2D eigenvalue weighted by Gasteiger charge is -2.12. The van der Waals surface area contributed by atoms with Crippen LogP contribution in [0.2, 0.25) is 0 Å². The Labute approximate surface area is 191 Å². The van der Waals surface area contributed by atoms with E-state index in [4.69, 9.17) is 9.47 Å². The smallest absolute Gasteiger partial charge is 0.312 e. The van der Waals surface area contributed by atoms with Crippen LogP contribution in [-0.4, -0.2) is 33.4 Å².